The summed E-state index contributed by atoms with van der Waals surface area (Å²) in [6.07, 6.45) is -0.214. The first-order valence-corrected chi connectivity index (χ1v) is 9.34. The molecule has 0 atom stereocenters. The summed E-state index contributed by atoms with van der Waals surface area (Å²) in [5, 5.41) is 5.51. The second-order valence-electron chi connectivity index (χ2n) is 7.32. The van der Waals surface area contributed by atoms with E-state index in [2.05, 4.69) is 10.6 Å². The van der Waals surface area contributed by atoms with Gasteiger partial charge in [-0.3, -0.25) is 0 Å². The number of ether oxygens (including phenoxy) is 2. The zero-order chi connectivity index (χ0) is 20.2. The fourth-order valence-electron chi connectivity index (χ4n) is 2.45. The second kappa shape index (κ2) is 11.0. The van der Waals surface area contributed by atoms with Crippen LogP contribution in [0.15, 0.2) is 60.7 Å². The molecule has 2 aromatic rings. The van der Waals surface area contributed by atoms with E-state index in [0.717, 1.165) is 11.1 Å². The number of benzene rings is 2. The highest BCUT2D eigenvalue weighted by Crippen LogP contribution is 2.18. The summed E-state index contributed by atoms with van der Waals surface area (Å²) < 4.78 is 10.4. The van der Waals surface area contributed by atoms with Crippen molar-refractivity contribution in [2.24, 2.45) is 5.41 Å². The third-order valence-corrected chi connectivity index (χ3v) is 4.21. The van der Waals surface area contributed by atoms with E-state index < -0.39 is 12.2 Å². The normalized spacial score (nSPS) is 10.8. The van der Waals surface area contributed by atoms with E-state index >= 15 is 0 Å². The molecule has 0 spiro atoms. The van der Waals surface area contributed by atoms with Crippen LogP contribution in [0, 0.1) is 5.41 Å². The van der Waals surface area contributed by atoms with Crippen molar-refractivity contribution < 1.29 is 19.1 Å². The summed E-state index contributed by atoms with van der Waals surface area (Å²) in [6.45, 7) is 5.42. The number of nitrogens with one attached hydrogen (secondary N) is 2. The molecule has 0 aliphatic carbocycles. The van der Waals surface area contributed by atoms with Gasteiger partial charge in [0.25, 0.3) is 0 Å². The van der Waals surface area contributed by atoms with E-state index in [1.807, 2.05) is 74.5 Å². The van der Waals surface area contributed by atoms with Crippen molar-refractivity contribution in [1.82, 2.24) is 10.6 Å². The van der Waals surface area contributed by atoms with Gasteiger partial charge in [0, 0.05) is 13.1 Å². The number of amides is 2. The number of hydrogen-bond acceptors (Lipinski definition) is 4. The molecular formula is C22H28N2O4. The predicted octanol–water partition coefficient (Wildman–Crippen LogP) is 4.26. The average Bonchev–Trinajstić information content (AvgIpc) is 2.71. The van der Waals surface area contributed by atoms with Crippen LogP contribution < -0.4 is 10.6 Å². The van der Waals surface area contributed by atoms with Crippen LogP contribution in [0.2, 0.25) is 0 Å². The Morgan fingerprint density at radius 1 is 0.786 bits per heavy atom. The lowest BCUT2D eigenvalue weighted by atomic mass is 9.89. The van der Waals surface area contributed by atoms with Crippen molar-refractivity contribution in [1.29, 1.82) is 0 Å². The monoisotopic (exact) mass is 384 g/mol. The van der Waals surface area contributed by atoms with Crippen LogP contribution >= 0.6 is 0 Å². The standard InChI is InChI=1S/C22H28N2O4/c1-22(2,17-24-21(26)28-16-19-11-7-4-8-12-19)13-14-23-20(25)27-15-18-9-5-3-6-10-18/h3-12H,13-17H2,1-2H3,(H,23,25)(H,24,26). The van der Waals surface area contributed by atoms with Crippen molar-refractivity contribution in [3.63, 3.8) is 0 Å². The topological polar surface area (TPSA) is 76.7 Å². The highest BCUT2D eigenvalue weighted by atomic mass is 16.6. The van der Waals surface area contributed by atoms with E-state index in [1.165, 1.54) is 0 Å². The summed E-state index contributed by atoms with van der Waals surface area (Å²) in [5.41, 5.74) is 1.68. The van der Waals surface area contributed by atoms with Crippen molar-refractivity contribution in [3.8, 4) is 0 Å². The minimum atomic E-state index is -0.452. The van der Waals surface area contributed by atoms with Crippen LogP contribution in [-0.4, -0.2) is 25.3 Å². The quantitative estimate of drug-likeness (QED) is 0.677. The van der Waals surface area contributed by atoms with Crippen LogP contribution in [0.3, 0.4) is 0 Å². The fraction of sp³-hybridized carbons (Fsp3) is 0.364. The van der Waals surface area contributed by atoms with Gasteiger partial charge in [0.15, 0.2) is 0 Å². The van der Waals surface area contributed by atoms with Crippen molar-refractivity contribution in [3.05, 3.63) is 71.8 Å². The molecule has 0 radical (unpaired) electrons. The van der Waals surface area contributed by atoms with E-state index in [9.17, 15) is 9.59 Å². The molecule has 0 saturated carbocycles. The molecule has 0 aromatic heterocycles. The van der Waals surface area contributed by atoms with Crippen LogP contribution in [0.25, 0.3) is 0 Å². The molecule has 0 saturated heterocycles. The van der Waals surface area contributed by atoms with Crippen molar-refractivity contribution in [2.75, 3.05) is 13.1 Å². The van der Waals surface area contributed by atoms with Gasteiger partial charge in [-0.15, -0.1) is 0 Å². The van der Waals surface area contributed by atoms with Gasteiger partial charge in [-0.25, -0.2) is 9.59 Å². The minimum Gasteiger partial charge on any atom is -0.445 e. The first-order chi connectivity index (χ1) is 13.4. The van der Waals surface area contributed by atoms with Gasteiger partial charge in [-0.05, 0) is 23.0 Å². The molecule has 0 bridgehead atoms. The largest absolute Gasteiger partial charge is 0.445 e. The van der Waals surface area contributed by atoms with Gasteiger partial charge in [-0.2, -0.15) is 0 Å². The zero-order valence-electron chi connectivity index (χ0n) is 16.4. The van der Waals surface area contributed by atoms with E-state index in [0.29, 0.717) is 19.5 Å². The second-order valence-corrected chi connectivity index (χ2v) is 7.32. The minimum absolute atomic E-state index is 0.196. The molecule has 2 rings (SSSR count). The number of alkyl carbamates (subject to hydrolysis) is 2. The molecule has 0 fully saturated rings. The Hall–Kier alpha value is -3.02. The van der Waals surface area contributed by atoms with Gasteiger partial charge >= 0.3 is 12.2 Å². The summed E-state index contributed by atoms with van der Waals surface area (Å²) in [4.78, 5) is 23.6. The molecular weight excluding hydrogens is 356 g/mol. The van der Waals surface area contributed by atoms with Gasteiger partial charge in [0.2, 0.25) is 0 Å². The first-order valence-electron chi connectivity index (χ1n) is 9.34. The predicted molar refractivity (Wildman–Crippen MR) is 108 cm³/mol. The first kappa shape index (κ1) is 21.3. The number of carbonyl (C=O) groups is 2. The molecule has 0 heterocycles. The molecule has 0 aliphatic rings. The van der Waals surface area contributed by atoms with Crippen LogP contribution in [0.5, 0.6) is 0 Å². The lowest BCUT2D eigenvalue weighted by Gasteiger charge is -2.24. The average molecular weight is 384 g/mol. The molecule has 2 aromatic carbocycles. The highest BCUT2D eigenvalue weighted by molar-refractivity contribution is 5.67. The highest BCUT2D eigenvalue weighted by Gasteiger charge is 2.19. The van der Waals surface area contributed by atoms with Gasteiger partial charge < -0.3 is 20.1 Å². The molecule has 150 valence electrons. The third-order valence-electron chi connectivity index (χ3n) is 4.21. The van der Waals surface area contributed by atoms with E-state index in [1.54, 1.807) is 0 Å². The fourth-order valence-corrected chi connectivity index (χ4v) is 2.45. The summed E-state index contributed by atoms with van der Waals surface area (Å²) in [7, 11) is 0. The molecule has 28 heavy (non-hydrogen) atoms. The molecule has 2 N–H and O–H groups in total. The summed E-state index contributed by atoms with van der Waals surface area (Å²) in [5.74, 6) is 0. The van der Waals surface area contributed by atoms with Crippen LogP contribution in [0.1, 0.15) is 31.4 Å². The smallest absolute Gasteiger partial charge is 0.407 e. The Bertz CT molecular complexity index is 733. The Labute approximate surface area is 166 Å². The maximum Gasteiger partial charge on any atom is 0.407 e. The zero-order valence-corrected chi connectivity index (χ0v) is 16.4. The number of hydrogen-bond donors (Lipinski definition) is 2. The molecule has 6 nitrogen and oxygen atoms in total. The third kappa shape index (κ3) is 8.58. The summed E-state index contributed by atoms with van der Waals surface area (Å²) >= 11 is 0. The van der Waals surface area contributed by atoms with E-state index in [4.69, 9.17) is 9.47 Å². The van der Waals surface area contributed by atoms with E-state index in [-0.39, 0.29) is 18.6 Å². The SMILES string of the molecule is CC(C)(CCNC(=O)OCc1ccccc1)CNC(=O)OCc1ccccc1. The lowest BCUT2D eigenvalue weighted by Crippen LogP contribution is -2.37. The molecule has 2 amide bonds. The summed E-state index contributed by atoms with van der Waals surface area (Å²) in [6, 6.07) is 19.0. The van der Waals surface area contributed by atoms with Crippen molar-refractivity contribution >= 4 is 12.2 Å². The molecule has 0 aliphatic heterocycles. The van der Waals surface area contributed by atoms with Gasteiger partial charge in [-0.1, -0.05) is 74.5 Å². The van der Waals surface area contributed by atoms with Crippen LogP contribution in [0.4, 0.5) is 9.59 Å². The number of rotatable bonds is 9. The Kier molecular flexibility index (Phi) is 8.34. The van der Waals surface area contributed by atoms with Crippen LogP contribution in [-0.2, 0) is 22.7 Å². The Balaban J connectivity index is 1.59. The van der Waals surface area contributed by atoms with Crippen molar-refractivity contribution in [2.45, 2.75) is 33.5 Å². The van der Waals surface area contributed by atoms with Gasteiger partial charge in [0.1, 0.15) is 13.2 Å². The number of carbonyl (C=O) groups excluding carboxylic acids is 2. The molecule has 0 unspecified atom stereocenters. The Morgan fingerprint density at radius 2 is 1.25 bits per heavy atom. The molecule has 6 heteroatoms. The van der Waals surface area contributed by atoms with Gasteiger partial charge in [0.05, 0.1) is 0 Å². The maximum absolute atomic E-state index is 11.8. The lowest BCUT2D eigenvalue weighted by molar-refractivity contribution is 0.131. The Morgan fingerprint density at radius 3 is 1.75 bits per heavy atom. The maximum atomic E-state index is 11.8.